The predicted octanol–water partition coefficient (Wildman–Crippen LogP) is 1.80. The van der Waals surface area contributed by atoms with Crippen molar-refractivity contribution in [3.63, 3.8) is 0 Å². The Morgan fingerprint density at radius 2 is 1.90 bits per heavy atom. The van der Waals surface area contributed by atoms with Crippen LogP contribution in [0.15, 0.2) is 34.1 Å². The van der Waals surface area contributed by atoms with Crippen LogP contribution in [-0.4, -0.2) is 41.3 Å². The van der Waals surface area contributed by atoms with E-state index in [1.165, 1.54) is 9.79 Å². The number of ether oxygens (including phenoxy) is 2. The molecular formula is C12H15O6PS. The number of hydrogen-bond acceptors (Lipinski definition) is 5. The fourth-order valence-electron chi connectivity index (χ4n) is 1.78. The molecule has 3 aliphatic rings. The third-order valence-electron chi connectivity index (χ3n) is 2.97. The van der Waals surface area contributed by atoms with Gasteiger partial charge in [0, 0.05) is 16.2 Å². The fraction of sp³-hybridized carbons (Fsp3) is 0.500. The molecule has 8 heteroatoms. The lowest BCUT2D eigenvalue weighted by Gasteiger charge is -2.14. The molecule has 3 unspecified atom stereocenters. The molecule has 0 bridgehead atoms. The first-order valence-corrected chi connectivity index (χ1v) is 8.60. The quantitative estimate of drug-likeness (QED) is 0.641. The van der Waals surface area contributed by atoms with Crippen molar-refractivity contribution in [2.45, 2.75) is 34.5 Å². The highest BCUT2D eigenvalue weighted by molar-refractivity contribution is 8.04. The summed E-state index contributed by atoms with van der Waals surface area (Å²) in [7, 11) is -4.40. The zero-order chi connectivity index (χ0) is 14.2. The van der Waals surface area contributed by atoms with Gasteiger partial charge in [-0.2, -0.15) is 0 Å². The molecule has 0 amide bonds. The second-order valence-electron chi connectivity index (χ2n) is 4.75. The number of rotatable bonds is 5. The van der Waals surface area contributed by atoms with E-state index in [0.29, 0.717) is 19.6 Å². The molecule has 2 N–H and O–H groups in total. The second kappa shape index (κ2) is 5.77. The Balaban J connectivity index is 0.000000144. The molecule has 0 aromatic heterocycles. The fourth-order valence-corrected chi connectivity index (χ4v) is 2.97. The number of benzene rings is 1. The van der Waals surface area contributed by atoms with Gasteiger partial charge in [0.15, 0.2) is 0 Å². The van der Waals surface area contributed by atoms with Crippen LogP contribution in [0.4, 0.5) is 0 Å². The van der Waals surface area contributed by atoms with Crippen LogP contribution in [0.2, 0.25) is 0 Å². The summed E-state index contributed by atoms with van der Waals surface area (Å²) < 4.78 is 25.0. The molecule has 3 heterocycles. The van der Waals surface area contributed by atoms with Crippen LogP contribution in [0, 0.1) is 0 Å². The molecule has 3 atom stereocenters. The van der Waals surface area contributed by atoms with Crippen LogP contribution in [0.3, 0.4) is 0 Å². The monoisotopic (exact) mass is 318 g/mol. The van der Waals surface area contributed by atoms with E-state index >= 15 is 0 Å². The molecule has 3 aliphatic heterocycles. The molecule has 0 radical (unpaired) electrons. The number of hydrogen-bond donors (Lipinski definition) is 2. The average Bonchev–Trinajstić information content (AvgIpc) is 3.24. The molecule has 2 fully saturated rings. The lowest BCUT2D eigenvalue weighted by molar-refractivity contribution is 0.0957. The Morgan fingerprint density at radius 3 is 2.30 bits per heavy atom. The number of epoxide rings is 2. The summed E-state index contributed by atoms with van der Waals surface area (Å²) in [6.45, 7) is 1.16. The van der Waals surface area contributed by atoms with E-state index in [1.54, 1.807) is 0 Å². The molecule has 0 saturated carbocycles. The maximum absolute atomic E-state index is 10.6. The number of phosphoric ester groups is 1. The van der Waals surface area contributed by atoms with E-state index in [0.717, 1.165) is 0 Å². The van der Waals surface area contributed by atoms with Gasteiger partial charge >= 0.3 is 7.82 Å². The van der Waals surface area contributed by atoms with E-state index in [1.807, 2.05) is 11.8 Å². The normalized spacial score (nSPS) is 26.9. The standard InChI is InChI=1S/C6H11O6P.C6H4S/c7-13(8,9)12-5(6-3-11-6)1-4-2-10-4;1-2-4-6-5(3-1)7-6/h4-6H,1-3H2,(H2,7,8,9);1-4H. The van der Waals surface area contributed by atoms with Gasteiger partial charge < -0.3 is 19.3 Å². The van der Waals surface area contributed by atoms with E-state index < -0.39 is 13.9 Å². The van der Waals surface area contributed by atoms with Crippen molar-refractivity contribution in [1.82, 2.24) is 0 Å². The highest BCUT2D eigenvalue weighted by atomic mass is 32.2. The third kappa shape index (κ3) is 4.86. The molecule has 1 aromatic carbocycles. The van der Waals surface area contributed by atoms with Gasteiger partial charge in [-0.1, -0.05) is 23.9 Å². The molecule has 20 heavy (non-hydrogen) atoms. The van der Waals surface area contributed by atoms with Gasteiger partial charge in [0.05, 0.1) is 19.3 Å². The van der Waals surface area contributed by atoms with Gasteiger partial charge in [0.1, 0.15) is 12.2 Å². The average molecular weight is 318 g/mol. The maximum Gasteiger partial charge on any atom is 0.469 e. The van der Waals surface area contributed by atoms with Crippen LogP contribution in [-0.2, 0) is 18.6 Å². The van der Waals surface area contributed by atoms with Gasteiger partial charge in [-0.3, -0.25) is 4.52 Å². The summed E-state index contributed by atoms with van der Waals surface area (Å²) in [5.41, 5.74) is 0. The topological polar surface area (TPSA) is 91.8 Å². The van der Waals surface area contributed by atoms with Crippen molar-refractivity contribution in [3.05, 3.63) is 24.3 Å². The zero-order valence-electron chi connectivity index (χ0n) is 10.5. The van der Waals surface area contributed by atoms with Crippen molar-refractivity contribution < 1.29 is 28.3 Å². The molecule has 0 spiro atoms. The van der Waals surface area contributed by atoms with Crippen LogP contribution in [0.25, 0.3) is 0 Å². The summed E-state index contributed by atoms with van der Waals surface area (Å²) >= 11 is 1.86. The van der Waals surface area contributed by atoms with E-state index in [-0.39, 0.29) is 12.2 Å². The van der Waals surface area contributed by atoms with E-state index in [2.05, 4.69) is 28.8 Å². The lowest BCUT2D eigenvalue weighted by Crippen LogP contribution is -2.20. The molecule has 4 rings (SSSR count). The van der Waals surface area contributed by atoms with Gasteiger partial charge in [-0.15, -0.1) is 0 Å². The zero-order valence-corrected chi connectivity index (χ0v) is 12.3. The van der Waals surface area contributed by atoms with Crippen molar-refractivity contribution in [2.75, 3.05) is 13.2 Å². The van der Waals surface area contributed by atoms with Crippen molar-refractivity contribution in [3.8, 4) is 0 Å². The SMILES string of the molecule is O=P(O)(O)OC(CC1CO1)C1CO1.c1ccc2c(c1)S2. The smallest absolute Gasteiger partial charge is 0.373 e. The molecule has 0 aliphatic carbocycles. The highest BCUT2D eigenvalue weighted by Crippen LogP contribution is 2.47. The molecule has 110 valence electrons. The maximum atomic E-state index is 10.6. The van der Waals surface area contributed by atoms with Crippen LogP contribution in [0.5, 0.6) is 0 Å². The van der Waals surface area contributed by atoms with Gasteiger partial charge in [-0.25, -0.2) is 4.57 Å². The first kappa shape index (κ1) is 14.5. The predicted molar refractivity (Wildman–Crippen MR) is 71.6 cm³/mol. The Hall–Kier alpha value is -0.400. The lowest BCUT2D eigenvalue weighted by atomic mass is 10.1. The van der Waals surface area contributed by atoms with Crippen molar-refractivity contribution in [1.29, 1.82) is 0 Å². The summed E-state index contributed by atoms with van der Waals surface area (Å²) in [5.74, 6) is 0. The molecule has 2 saturated heterocycles. The van der Waals surface area contributed by atoms with E-state index in [9.17, 15) is 4.57 Å². The van der Waals surface area contributed by atoms with Crippen molar-refractivity contribution in [2.24, 2.45) is 0 Å². The van der Waals surface area contributed by atoms with Gasteiger partial charge in [0.2, 0.25) is 0 Å². The first-order chi connectivity index (χ1) is 9.51. The summed E-state index contributed by atoms with van der Waals surface area (Å²) in [6, 6.07) is 8.41. The molecule has 1 aromatic rings. The molecule has 6 nitrogen and oxygen atoms in total. The van der Waals surface area contributed by atoms with Gasteiger partial charge in [0.25, 0.3) is 0 Å². The van der Waals surface area contributed by atoms with E-state index in [4.69, 9.17) is 19.3 Å². The van der Waals surface area contributed by atoms with Crippen LogP contribution < -0.4 is 0 Å². The second-order valence-corrected chi connectivity index (χ2v) is 7.02. The first-order valence-electron chi connectivity index (χ1n) is 6.25. The minimum atomic E-state index is -4.40. The minimum absolute atomic E-state index is 0.0840. The third-order valence-corrected chi connectivity index (χ3v) is 4.46. The van der Waals surface area contributed by atoms with Crippen LogP contribution >= 0.6 is 19.6 Å². The summed E-state index contributed by atoms with van der Waals surface area (Å²) in [5, 5.41) is 0. The minimum Gasteiger partial charge on any atom is -0.373 e. The number of fused-ring (bicyclic) bond motifs is 1. The largest absolute Gasteiger partial charge is 0.469 e. The summed E-state index contributed by atoms with van der Waals surface area (Å²) in [6.07, 6.45) is -0.124. The Bertz CT molecular complexity index is 503. The highest BCUT2D eigenvalue weighted by Gasteiger charge is 2.41. The Morgan fingerprint density at radius 1 is 1.30 bits per heavy atom. The Labute approximate surface area is 120 Å². The molecular weight excluding hydrogens is 303 g/mol. The number of phosphoric acid groups is 1. The van der Waals surface area contributed by atoms with Crippen LogP contribution in [0.1, 0.15) is 6.42 Å². The van der Waals surface area contributed by atoms with Gasteiger partial charge in [-0.05, 0) is 12.1 Å². The summed E-state index contributed by atoms with van der Waals surface area (Å²) in [4.78, 5) is 20.1. The Kier molecular flexibility index (Phi) is 4.19. The van der Waals surface area contributed by atoms with Crippen molar-refractivity contribution >= 4 is 19.6 Å².